The summed E-state index contributed by atoms with van der Waals surface area (Å²) >= 11 is 0. The van der Waals surface area contributed by atoms with Crippen LogP contribution in [0.4, 0.5) is 19.0 Å². The zero-order valence-corrected chi connectivity index (χ0v) is 9.73. The van der Waals surface area contributed by atoms with Gasteiger partial charge in [-0.3, -0.25) is 4.79 Å². The van der Waals surface area contributed by atoms with Crippen LogP contribution < -0.4 is 0 Å². The van der Waals surface area contributed by atoms with Crippen molar-refractivity contribution in [3.63, 3.8) is 0 Å². The van der Waals surface area contributed by atoms with E-state index in [1.165, 1.54) is 6.92 Å². The zero-order chi connectivity index (χ0) is 14.6. The lowest BCUT2D eigenvalue weighted by molar-refractivity contribution is -0.390. The maximum absolute atomic E-state index is 13.3. The summed E-state index contributed by atoms with van der Waals surface area (Å²) in [7, 11) is 0. The molecule has 0 aliphatic carbocycles. The highest BCUT2D eigenvalue weighted by Crippen LogP contribution is 2.31. The maximum atomic E-state index is 13.3. The molecule has 1 rings (SSSR count). The van der Waals surface area contributed by atoms with E-state index < -0.39 is 46.5 Å². The third kappa shape index (κ3) is 3.39. The SMILES string of the molecule is CCOC(=O)Cc1c([N+](=O)[O-])ncc(F)c1C(F)F. The summed E-state index contributed by atoms with van der Waals surface area (Å²) in [5.74, 6) is -3.36. The molecule has 0 radical (unpaired) electrons. The summed E-state index contributed by atoms with van der Waals surface area (Å²) in [5.41, 5.74) is -1.96. The Morgan fingerprint density at radius 1 is 1.58 bits per heavy atom. The highest BCUT2D eigenvalue weighted by atomic mass is 19.3. The van der Waals surface area contributed by atoms with Crippen molar-refractivity contribution in [2.75, 3.05) is 6.61 Å². The van der Waals surface area contributed by atoms with Crippen molar-refractivity contribution in [1.82, 2.24) is 4.98 Å². The molecule has 1 heterocycles. The van der Waals surface area contributed by atoms with Gasteiger partial charge in [-0.1, -0.05) is 0 Å². The number of halogens is 3. The number of carbonyl (C=O) groups is 1. The van der Waals surface area contributed by atoms with Gasteiger partial charge in [0.25, 0.3) is 6.43 Å². The van der Waals surface area contributed by atoms with Gasteiger partial charge in [0.15, 0.2) is 12.0 Å². The Kier molecular flexibility index (Phi) is 4.79. The Hall–Kier alpha value is -2.19. The Balaban J connectivity index is 3.33. The minimum absolute atomic E-state index is 0.0284. The van der Waals surface area contributed by atoms with Crippen LogP contribution in [0.2, 0.25) is 0 Å². The van der Waals surface area contributed by atoms with Crippen molar-refractivity contribution >= 4 is 11.8 Å². The number of hydrogen-bond donors (Lipinski definition) is 0. The van der Waals surface area contributed by atoms with Crippen LogP contribution in [0.15, 0.2) is 6.20 Å². The normalized spacial score (nSPS) is 10.6. The Bertz CT molecular complexity index is 508. The monoisotopic (exact) mass is 278 g/mol. The number of esters is 1. The van der Waals surface area contributed by atoms with E-state index in [2.05, 4.69) is 9.72 Å². The fourth-order valence-electron chi connectivity index (χ4n) is 1.45. The van der Waals surface area contributed by atoms with E-state index in [0.717, 1.165) is 0 Å². The topological polar surface area (TPSA) is 82.3 Å². The summed E-state index contributed by atoms with van der Waals surface area (Å²) in [6.45, 7) is 1.45. The first-order chi connectivity index (χ1) is 8.88. The Morgan fingerprint density at radius 2 is 2.21 bits per heavy atom. The van der Waals surface area contributed by atoms with Crippen LogP contribution in [-0.4, -0.2) is 22.5 Å². The molecule has 0 N–H and O–H groups in total. The number of carbonyl (C=O) groups excluding carboxylic acids is 1. The molecule has 0 fully saturated rings. The summed E-state index contributed by atoms with van der Waals surface area (Å²) in [5, 5.41) is 10.7. The van der Waals surface area contributed by atoms with Crippen molar-refractivity contribution < 1.29 is 27.6 Å². The van der Waals surface area contributed by atoms with Gasteiger partial charge < -0.3 is 14.9 Å². The standard InChI is InChI=1S/C10H9F3N2O4/c1-2-19-7(16)3-5-8(9(12)13)6(11)4-14-10(5)15(17)18/h4,9H,2-3H2,1H3. The molecule has 1 aromatic rings. The molecule has 6 nitrogen and oxygen atoms in total. The third-order valence-electron chi connectivity index (χ3n) is 2.17. The molecular formula is C10H9F3N2O4. The summed E-state index contributed by atoms with van der Waals surface area (Å²) in [6, 6.07) is 0. The number of pyridine rings is 1. The van der Waals surface area contributed by atoms with Crippen LogP contribution in [0.1, 0.15) is 24.5 Å². The van der Waals surface area contributed by atoms with Gasteiger partial charge in [-0.2, -0.15) is 0 Å². The number of hydrogen-bond acceptors (Lipinski definition) is 5. The molecule has 0 aliphatic rings. The fourth-order valence-corrected chi connectivity index (χ4v) is 1.45. The van der Waals surface area contributed by atoms with Crippen LogP contribution in [0.3, 0.4) is 0 Å². The van der Waals surface area contributed by atoms with Crippen molar-refractivity contribution in [3.05, 3.63) is 33.3 Å². The van der Waals surface area contributed by atoms with Gasteiger partial charge in [0.2, 0.25) is 0 Å². The number of nitrogens with zero attached hydrogens (tertiary/aromatic N) is 2. The van der Waals surface area contributed by atoms with Gasteiger partial charge in [0.1, 0.15) is 0 Å². The molecule has 0 amide bonds. The first-order valence-electron chi connectivity index (χ1n) is 5.13. The van der Waals surface area contributed by atoms with E-state index >= 15 is 0 Å². The van der Waals surface area contributed by atoms with Crippen LogP contribution in [0.25, 0.3) is 0 Å². The molecule has 0 atom stereocenters. The Morgan fingerprint density at radius 3 is 2.68 bits per heavy atom. The zero-order valence-electron chi connectivity index (χ0n) is 9.73. The predicted octanol–water partition coefficient (Wildman–Crippen LogP) is 2.17. The minimum Gasteiger partial charge on any atom is -0.466 e. The molecular weight excluding hydrogens is 269 g/mol. The summed E-state index contributed by atoms with van der Waals surface area (Å²) in [6.07, 6.45) is -3.81. The Labute approximate surface area is 105 Å². The maximum Gasteiger partial charge on any atom is 0.367 e. The molecule has 0 saturated heterocycles. The van der Waals surface area contributed by atoms with Gasteiger partial charge in [-0.05, 0) is 16.8 Å². The van der Waals surface area contributed by atoms with Gasteiger partial charge in [-0.25, -0.2) is 13.2 Å². The van der Waals surface area contributed by atoms with Crippen molar-refractivity contribution in [2.24, 2.45) is 0 Å². The van der Waals surface area contributed by atoms with Gasteiger partial charge in [-0.15, -0.1) is 0 Å². The average Bonchev–Trinajstić information content (AvgIpc) is 2.28. The van der Waals surface area contributed by atoms with Gasteiger partial charge >= 0.3 is 11.8 Å². The lowest BCUT2D eigenvalue weighted by Gasteiger charge is -2.09. The van der Waals surface area contributed by atoms with E-state index in [-0.39, 0.29) is 6.61 Å². The van der Waals surface area contributed by atoms with Crippen molar-refractivity contribution in [1.29, 1.82) is 0 Å². The van der Waals surface area contributed by atoms with Crippen LogP contribution in [0, 0.1) is 15.9 Å². The number of nitro groups is 1. The molecule has 0 unspecified atom stereocenters. The van der Waals surface area contributed by atoms with E-state index in [1.807, 2.05) is 0 Å². The molecule has 0 bridgehead atoms. The van der Waals surface area contributed by atoms with Crippen LogP contribution >= 0.6 is 0 Å². The lowest BCUT2D eigenvalue weighted by Crippen LogP contribution is -2.13. The van der Waals surface area contributed by atoms with Crippen LogP contribution in [-0.2, 0) is 16.0 Å². The third-order valence-corrected chi connectivity index (χ3v) is 2.17. The summed E-state index contributed by atoms with van der Waals surface area (Å²) in [4.78, 5) is 24.0. The number of aromatic nitrogens is 1. The van der Waals surface area contributed by atoms with E-state index in [4.69, 9.17) is 0 Å². The minimum atomic E-state index is -3.30. The molecule has 0 aliphatic heterocycles. The second kappa shape index (κ2) is 6.12. The van der Waals surface area contributed by atoms with Gasteiger partial charge in [0.05, 0.1) is 24.2 Å². The highest BCUT2D eigenvalue weighted by molar-refractivity contribution is 5.74. The largest absolute Gasteiger partial charge is 0.466 e. The molecule has 1 aromatic heterocycles. The number of alkyl halides is 2. The van der Waals surface area contributed by atoms with Crippen molar-refractivity contribution in [2.45, 2.75) is 19.8 Å². The second-order valence-corrected chi connectivity index (χ2v) is 3.36. The highest BCUT2D eigenvalue weighted by Gasteiger charge is 2.30. The summed E-state index contributed by atoms with van der Waals surface area (Å²) < 4.78 is 43.2. The lowest BCUT2D eigenvalue weighted by atomic mass is 10.1. The smallest absolute Gasteiger partial charge is 0.367 e. The second-order valence-electron chi connectivity index (χ2n) is 3.36. The number of ether oxygens (including phenoxy) is 1. The van der Waals surface area contributed by atoms with Crippen LogP contribution in [0.5, 0.6) is 0 Å². The van der Waals surface area contributed by atoms with E-state index in [1.54, 1.807) is 0 Å². The van der Waals surface area contributed by atoms with E-state index in [0.29, 0.717) is 6.20 Å². The molecule has 9 heteroatoms. The first-order valence-corrected chi connectivity index (χ1v) is 5.13. The number of rotatable bonds is 5. The fraction of sp³-hybridized carbons (Fsp3) is 0.400. The van der Waals surface area contributed by atoms with Gasteiger partial charge in [0, 0.05) is 0 Å². The predicted molar refractivity (Wildman–Crippen MR) is 56.1 cm³/mol. The average molecular weight is 278 g/mol. The quantitative estimate of drug-likeness (QED) is 0.468. The molecule has 104 valence electrons. The van der Waals surface area contributed by atoms with E-state index in [9.17, 15) is 28.1 Å². The first kappa shape index (κ1) is 14.9. The van der Waals surface area contributed by atoms with Crippen molar-refractivity contribution in [3.8, 4) is 0 Å². The molecule has 0 spiro atoms. The molecule has 0 aromatic carbocycles. The molecule has 0 saturated carbocycles. The molecule has 19 heavy (non-hydrogen) atoms.